The van der Waals surface area contributed by atoms with Gasteiger partial charge in [-0.3, -0.25) is 4.99 Å². The molecule has 0 bridgehead atoms. The van der Waals surface area contributed by atoms with E-state index in [4.69, 9.17) is 0 Å². The molecule has 2 aromatic rings. The van der Waals surface area contributed by atoms with Gasteiger partial charge in [0.1, 0.15) is 0 Å². The summed E-state index contributed by atoms with van der Waals surface area (Å²) in [6.07, 6.45) is 1.88. The molecule has 1 aliphatic rings. The number of aliphatic imine (C=N–C) groups is 1. The first-order chi connectivity index (χ1) is 8.95. The summed E-state index contributed by atoms with van der Waals surface area (Å²) in [6.45, 7) is 0. The van der Waals surface area contributed by atoms with E-state index in [0.717, 1.165) is 5.71 Å². The number of rotatable bonds is 2. The van der Waals surface area contributed by atoms with Crippen LogP contribution < -0.4 is 0 Å². The first-order valence-electron chi connectivity index (χ1n) is 5.94. The maximum atomic E-state index is 4.57. The van der Waals surface area contributed by atoms with Gasteiger partial charge in [-0.1, -0.05) is 60.7 Å². The van der Waals surface area contributed by atoms with Gasteiger partial charge in [-0.25, -0.2) is 0 Å². The predicted molar refractivity (Wildman–Crippen MR) is 78.9 cm³/mol. The fourth-order valence-corrected chi connectivity index (χ4v) is 2.98. The zero-order chi connectivity index (χ0) is 12.2. The Balaban J connectivity index is 2.01. The van der Waals surface area contributed by atoms with Crippen molar-refractivity contribution in [2.24, 2.45) is 4.99 Å². The molecule has 3 rings (SSSR count). The van der Waals surface area contributed by atoms with Crippen molar-refractivity contribution in [1.82, 2.24) is 0 Å². The van der Waals surface area contributed by atoms with E-state index in [1.54, 1.807) is 0 Å². The largest absolute Gasteiger partial charge is 0.259 e. The number of hydrogen-bond acceptors (Lipinski definition) is 2. The zero-order valence-corrected chi connectivity index (χ0v) is 10.7. The van der Waals surface area contributed by atoms with Crippen molar-refractivity contribution in [1.29, 1.82) is 0 Å². The van der Waals surface area contributed by atoms with Crippen molar-refractivity contribution in [3.8, 4) is 0 Å². The van der Waals surface area contributed by atoms with Crippen molar-refractivity contribution in [3.63, 3.8) is 0 Å². The van der Waals surface area contributed by atoms with Gasteiger partial charge in [0, 0.05) is 6.20 Å². The Morgan fingerprint density at radius 3 is 2.22 bits per heavy atom. The molecule has 0 aliphatic carbocycles. The number of hydrogen-bond donors (Lipinski definition) is 0. The van der Waals surface area contributed by atoms with Crippen molar-refractivity contribution in [2.45, 2.75) is 5.25 Å². The molecule has 0 saturated heterocycles. The van der Waals surface area contributed by atoms with Crippen LogP contribution in [0.2, 0.25) is 0 Å². The van der Waals surface area contributed by atoms with Crippen LogP contribution in [0.25, 0.3) is 0 Å². The Bertz CT molecular complexity index is 573. The molecule has 0 N–H and O–H groups in total. The molecule has 2 heteroatoms. The van der Waals surface area contributed by atoms with Crippen LogP contribution in [0.15, 0.2) is 77.3 Å². The molecule has 0 aromatic heterocycles. The summed E-state index contributed by atoms with van der Waals surface area (Å²) in [4.78, 5) is 4.57. The van der Waals surface area contributed by atoms with E-state index in [9.17, 15) is 0 Å². The SMILES string of the molecule is C1=CSC(c2ccccc2)C(c2ccccc2)=N1. The summed E-state index contributed by atoms with van der Waals surface area (Å²) in [7, 11) is 0. The van der Waals surface area contributed by atoms with Crippen LogP contribution in [-0.2, 0) is 0 Å². The van der Waals surface area contributed by atoms with Gasteiger partial charge >= 0.3 is 0 Å². The number of thioether (sulfide) groups is 1. The molecule has 1 unspecified atom stereocenters. The van der Waals surface area contributed by atoms with E-state index in [0.29, 0.717) is 5.25 Å². The maximum Gasteiger partial charge on any atom is 0.0767 e. The van der Waals surface area contributed by atoms with E-state index in [1.807, 2.05) is 30.1 Å². The van der Waals surface area contributed by atoms with Crippen molar-refractivity contribution < 1.29 is 0 Å². The molecule has 88 valence electrons. The second-order valence-electron chi connectivity index (χ2n) is 4.09. The lowest BCUT2D eigenvalue weighted by Gasteiger charge is -2.20. The van der Waals surface area contributed by atoms with Gasteiger partial charge in [0.15, 0.2) is 0 Å². The fraction of sp³-hybridized carbons (Fsp3) is 0.0625. The average molecular weight is 251 g/mol. The van der Waals surface area contributed by atoms with Gasteiger partial charge in [-0.05, 0) is 16.5 Å². The van der Waals surface area contributed by atoms with Gasteiger partial charge in [0.2, 0.25) is 0 Å². The molecule has 0 fully saturated rings. The van der Waals surface area contributed by atoms with Gasteiger partial charge in [-0.15, -0.1) is 11.8 Å². The molecule has 1 nitrogen and oxygen atoms in total. The molecule has 0 saturated carbocycles. The van der Waals surface area contributed by atoms with E-state index in [-0.39, 0.29) is 0 Å². The Labute approximate surface area is 111 Å². The van der Waals surface area contributed by atoms with Gasteiger partial charge in [0.25, 0.3) is 0 Å². The van der Waals surface area contributed by atoms with Crippen molar-refractivity contribution >= 4 is 17.5 Å². The molecule has 0 amide bonds. The fourth-order valence-electron chi connectivity index (χ4n) is 2.06. The Morgan fingerprint density at radius 2 is 1.50 bits per heavy atom. The number of nitrogens with zero attached hydrogens (tertiary/aromatic N) is 1. The minimum atomic E-state index is 0.290. The quantitative estimate of drug-likeness (QED) is 0.769. The van der Waals surface area contributed by atoms with E-state index >= 15 is 0 Å². The molecule has 2 aromatic carbocycles. The maximum absolute atomic E-state index is 4.57. The van der Waals surface area contributed by atoms with Crippen LogP contribution >= 0.6 is 11.8 Å². The van der Waals surface area contributed by atoms with Gasteiger partial charge < -0.3 is 0 Å². The molecular weight excluding hydrogens is 238 g/mol. The lowest BCUT2D eigenvalue weighted by Crippen LogP contribution is -2.12. The van der Waals surface area contributed by atoms with Crippen LogP contribution in [0.5, 0.6) is 0 Å². The van der Waals surface area contributed by atoms with Gasteiger partial charge in [0.05, 0.1) is 11.0 Å². The highest BCUT2D eigenvalue weighted by molar-refractivity contribution is 8.03. The zero-order valence-electron chi connectivity index (χ0n) is 9.86. The standard InChI is InChI=1S/C16H13NS/c1-3-7-13(8-4-1)15-16(18-12-11-17-15)14-9-5-2-6-10-14/h1-12,16H. The normalized spacial score (nSPS) is 18.4. The predicted octanol–water partition coefficient (Wildman–Crippen LogP) is 4.44. The van der Waals surface area contributed by atoms with Crippen LogP contribution in [-0.4, -0.2) is 5.71 Å². The molecule has 0 spiro atoms. The second kappa shape index (κ2) is 5.23. The highest BCUT2D eigenvalue weighted by Crippen LogP contribution is 2.36. The lowest BCUT2D eigenvalue weighted by molar-refractivity contribution is 1.26. The molecular formula is C16H13NS. The summed E-state index contributed by atoms with van der Waals surface area (Å²) < 4.78 is 0. The molecule has 1 atom stereocenters. The average Bonchev–Trinajstić information content (AvgIpc) is 2.49. The Hall–Kier alpha value is -1.80. The minimum absolute atomic E-state index is 0.290. The van der Waals surface area contributed by atoms with Crippen LogP contribution in [0, 0.1) is 0 Å². The van der Waals surface area contributed by atoms with Crippen LogP contribution in [0.1, 0.15) is 16.4 Å². The summed E-state index contributed by atoms with van der Waals surface area (Å²) in [6, 6.07) is 20.9. The number of benzene rings is 2. The molecule has 1 aliphatic heterocycles. The summed E-state index contributed by atoms with van der Waals surface area (Å²) >= 11 is 1.81. The van der Waals surface area contributed by atoms with E-state index in [1.165, 1.54) is 11.1 Å². The molecule has 1 heterocycles. The van der Waals surface area contributed by atoms with E-state index in [2.05, 4.69) is 58.9 Å². The van der Waals surface area contributed by atoms with Crippen molar-refractivity contribution in [3.05, 3.63) is 83.4 Å². The first-order valence-corrected chi connectivity index (χ1v) is 6.88. The summed E-state index contributed by atoms with van der Waals surface area (Å²) in [5.74, 6) is 0. The monoisotopic (exact) mass is 251 g/mol. The minimum Gasteiger partial charge on any atom is -0.259 e. The molecule has 18 heavy (non-hydrogen) atoms. The third-order valence-corrected chi connectivity index (χ3v) is 3.96. The summed E-state index contributed by atoms with van der Waals surface area (Å²) in [5, 5.41) is 2.35. The third-order valence-electron chi connectivity index (χ3n) is 2.91. The highest BCUT2D eigenvalue weighted by Gasteiger charge is 2.20. The first kappa shape index (κ1) is 11.3. The Morgan fingerprint density at radius 1 is 0.833 bits per heavy atom. The third kappa shape index (κ3) is 2.24. The highest BCUT2D eigenvalue weighted by atomic mass is 32.2. The lowest BCUT2D eigenvalue weighted by atomic mass is 10.0. The van der Waals surface area contributed by atoms with Crippen LogP contribution in [0.3, 0.4) is 0 Å². The van der Waals surface area contributed by atoms with Gasteiger partial charge in [-0.2, -0.15) is 0 Å². The smallest absolute Gasteiger partial charge is 0.0767 e. The second-order valence-corrected chi connectivity index (χ2v) is 5.11. The van der Waals surface area contributed by atoms with Crippen LogP contribution in [0.4, 0.5) is 0 Å². The Kier molecular flexibility index (Phi) is 3.29. The summed E-state index contributed by atoms with van der Waals surface area (Å²) in [5.41, 5.74) is 3.63. The van der Waals surface area contributed by atoms with E-state index < -0.39 is 0 Å². The molecule has 0 radical (unpaired) electrons. The van der Waals surface area contributed by atoms with Crippen molar-refractivity contribution in [2.75, 3.05) is 0 Å². The topological polar surface area (TPSA) is 12.4 Å².